The molecule has 94 valence electrons. The van der Waals surface area contributed by atoms with Crippen LogP contribution in [0.25, 0.3) is 0 Å². The van der Waals surface area contributed by atoms with Gasteiger partial charge in [0.25, 0.3) is 0 Å². The van der Waals surface area contributed by atoms with Crippen LogP contribution in [0.4, 0.5) is 0 Å². The molecule has 0 aromatic rings. The first-order valence-corrected chi connectivity index (χ1v) is 6.41. The molecule has 1 saturated heterocycles. The number of hydrogen-bond donors (Lipinski definition) is 0. The van der Waals surface area contributed by atoms with Crippen molar-refractivity contribution in [2.45, 2.75) is 52.6 Å². The molecule has 1 atom stereocenters. The fourth-order valence-corrected chi connectivity index (χ4v) is 2.18. The second-order valence-corrected chi connectivity index (χ2v) is 5.55. The van der Waals surface area contributed by atoms with Gasteiger partial charge >= 0.3 is 0 Å². The third-order valence-corrected chi connectivity index (χ3v) is 3.68. The molecule has 16 heavy (non-hydrogen) atoms. The van der Waals surface area contributed by atoms with E-state index < -0.39 is 0 Å². The van der Waals surface area contributed by atoms with Gasteiger partial charge in [0.1, 0.15) is 0 Å². The van der Waals surface area contributed by atoms with E-state index in [-0.39, 0.29) is 0 Å². The summed E-state index contributed by atoms with van der Waals surface area (Å²) >= 11 is 0. The van der Waals surface area contributed by atoms with Crippen LogP contribution in [0.1, 0.15) is 40.5 Å². The van der Waals surface area contributed by atoms with Crippen LogP contribution in [0, 0.1) is 5.92 Å². The molecule has 1 heterocycles. The van der Waals surface area contributed by atoms with E-state index in [0.717, 1.165) is 19.5 Å². The zero-order valence-corrected chi connectivity index (χ0v) is 11.4. The van der Waals surface area contributed by atoms with Crippen molar-refractivity contribution < 1.29 is 4.79 Å². The lowest BCUT2D eigenvalue weighted by molar-refractivity contribution is -0.132. The van der Waals surface area contributed by atoms with Crippen LogP contribution >= 0.6 is 0 Å². The van der Waals surface area contributed by atoms with Gasteiger partial charge in [0.15, 0.2) is 0 Å². The largest absolute Gasteiger partial charge is 0.343 e. The van der Waals surface area contributed by atoms with Gasteiger partial charge in [0, 0.05) is 32.1 Å². The summed E-state index contributed by atoms with van der Waals surface area (Å²) < 4.78 is 0. The molecule has 0 aromatic carbocycles. The highest BCUT2D eigenvalue weighted by Gasteiger charge is 2.27. The van der Waals surface area contributed by atoms with Gasteiger partial charge < -0.3 is 9.80 Å². The quantitative estimate of drug-likeness (QED) is 0.732. The first-order chi connectivity index (χ1) is 7.41. The minimum Gasteiger partial charge on any atom is -0.343 e. The van der Waals surface area contributed by atoms with Gasteiger partial charge in [-0.25, -0.2) is 0 Å². The van der Waals surface area contributed by atoms with Crippen LogP contribution in [0.15, 0.2) is 0 Å². The summed E-state index contributed by atoms with van der Waals surface area (Å²) in [7, 11) is 1.90. The molecular formula is C13H26N2O. The molecule has 0 aromatic heterocycles. The molecule has 1 aliphatic rings. The zero-order valence-electron chi connectivity index (χ0n) is 11.4. The summed E-state index contributed by atoms with van der Waals surface area (Å²) in [6.07, 6.45) is 1.90. The van der Waals surface area contributed by atoms with Crippen LogP contribution in [-0.2, 0) is 4.79 Å². The van der Waals surface area contributed by atoms with Gasteiger partial charge in [-0.05, 0) is 46.6 Å². The second-order valence-electron chi connectivity index (χ2n) is 5.55. The van der Waals surface area contributed by atoms with Crippen molar-refractivity contribution >= 4 is 5.91 Å². The predicted octanol–water partition coefficient (Wildman–Crippen LogP) is 1.97. The molecule has 3 heteroatoms. The van der Waals surface area contributed by atoms with Crippen LogP contribution in [-0.4, -0.2) is 47.9 Å². The molecule has 0 bridgehead atoms. The minimum atomic E-state index is 0.297. The number of rotatable bonds is 4. The van der Waals surface area contributed by atoms with Crippen molar-refractivity contribution in [1.29, 1.82) is 0 Å². The number of amides is 1. The molecule has 1 aliphatic heterocycles. The molecule has 1 fully saturated rings. The Bertz CT molecular complexity index is 238. The van der Waals surface area contributed by atoms with E-state index >= 15 is 0 Å². The van der Waals surface area contributed by atoms with Crippen LogP contribution in [0.3, 0.4) is 0 Å². The summed E-state index contributed by atoms with van der Waals surface area (Å²) in [5.41, 5.74) is 0. The number of carbonyl (C=O) groups excluding carboxylic acids is 1. The Morgan fingerprint density at radius 3 is 2.44 bits per heavy atom. The van der Waals surface area contributed by atoms with Gasteiger partial charge in [-0.2, -0.15) is 0 Å². The third-order valence-electron chi connectivity index (χ3n) is 3.68. The summed E-state index contributed by atoms with van der Waals surface area (Å²) in [5, 5.41) is 0. The van der Waals surface area contributed by atoms with Crippen molar-refractivity contribution in [3.05, 3.63) is 0 Å². The standard InChI is InChI=1S/C13H26N2O/c1-10(2)14(5)13(16)8-12-6-7-15(9-12)11(3)4/h10-12H,6-9H2,1-5H3/t12-/m0/s1. The number of nitrogens with zero attached hydrogens (tertiary/aromatic N) is 2. The lowest BCUT2D eigenvalue weighted by Crippen LogP contribution is -2.35. The molecular weight excluding hydrogens is 200 g/mol. The minimum absolute atomic E-state index is 0.297. The fraction of sp³-hybridized carbons (Fsp3) is 0.923. The number of hydrogen-bond acceptors (Lipinski definition) is 2. The summed E-state index contributed by atoms with van der Waals surface area (Å²) in [4.78, 5) is 16.2. The van der Waals surface area contributed by atoms with Gasteiger partial charge in [0.2, 0.25) is 5.91 Å². The first-order valence-electron chi connectivity index (χ1n) is 6.41. The normalized spacial score (nSPS) is 22.1. The van der Waals surface area contributed by atoms with Gasteiger partial charge in [-0.1, -0.05) is 0 Å². The average molecular weight is 226 g/mol. The van der Waals surface area contributed by atoms with Crippen molar-refractivity contribution in [3.8, 4) is 0 Å². The van der Waals surface area contributed by atoms with Crippen molar-refractivity contribution in [3.63, 3.8) is 0 Å². The second kappa shape index (κ2) is 5.67. The maximum absolute atomic E-state index is 11.9. The average Bonchev–Trinajstić information content (AvgIpc) is 2.64. The van der Waals surface area contributed by atoms with E-state index in [0.29, 0.717) is 23.9 Å². The highest BCUT2D eigenvalue weighted by Crippen LogP contribution is 2.22. The Morgan fingerprint density at radius 1 is 1.38 bits per heavy atom. The highest BCUT2D eigenvalue weighted by atomic mass is 16.2. The SMILES string of the molecule is CC(C)N1CC[C@@H](CC(=O)N(C)C(C)C)C1. The Labute approximate surface area is 99.8 Å². The maximum atomic E-state index is 11.9. The molecule has 0 saturated carbocycles. The Kier molecular flexibility index (Phi) is 4.78. The third kappa shape index (κ3) is 3.48. The Morgan fingerprint density at radius 2 is 2.00 bits per heavy atom. The Balaban J connectivity index is 2.37. The predicted molar refractivity (Wildman–Crippen MR) is 67.3 cm³/mol. The molecule has 3 nitrogen and oxygen atoms in total. The zero-order chi connectivity index (χ0) is 12.3. The highest BCUT2D eigenvalue weighted by molar-refractivity contribution is 5.76. The lowest BCUT2D eigenvalue weighted by Gasteiger charge is -2.24. The van der Waals surface area contributed by atoms with Gasteiger partial charge in [-0.15, -0.1) is 0 Å². The first kappa shape index (κ1) is 13.5. The lowest BCUT2D eigenvalue weighted by atomic mass is 10.0. The monoisotopic (exact) mass is 226 g/mol. The summed E-state index contributed by atoms with van der Waals surface area (Å²) in [6, 6.07) is 0.929. The molecule has 1 rings (SSSR count). The molecule has 0 unspecified atom stereocenters. The fourth-order valence-electron chi connectivity index (χ4n) is 2.18. The summed E-state index contributed by atoms with van der Waals surface area (Å²) in [6.45, 7) is 10.8. The molecule has 1 amide bonds. The number of carbonyl (C=O) groups is 1. The van der Waals surface area contributed by atoms with Crippen LogP contribution in [0.2, 0.25) is 0 Å². The summed E-state index contributed by atoms with van der Waals surface area (Å²) in [5.74, 6) is 0.863. The van der Waals surface area contributed by atoms with E-state index in [1.54, 1.807) is 0 Å². The topological polar surface area (TPSA) is 23.6 Å². The molecule has 0 aliphatic carbocycles. The molecule has 0 N–H and O–H groups in total. The van der Waals surface area contributed by atoms with E-state index in [2.05, 4.69) is 32.6 Å². The van der Waals surface area contributed by atoms with E-state index in [4.69, 9.17) is 0 Å². The maximum Gasteiger partial charge on any atom is 0.222 e. The molecule has 0 spiro atoms. The number of likely N-dealkylation sites (tertiary alicyclic amines) is 1. The van der Waals surface area contributed by atoms with Crippen molar-refractivity contribution in [2.75, 3.05) is 20.1 Å². The Hall–Kier alpha value is -0.570. The van der Waals surface area contributed by atoms with Crippen LogP contribution in [0.5, 0.6) is 0 Å². The van der Waals surface area contributed by atoms with Crippen molar-refractivity contribution in [2.24, 2.45) is 5.92 Å². The van der Waals surface area contributed by atoms with E-state index in [9.17, 15) is 4.79 Å². The van der Waals surface area contributed by atoms with Gasteiger partial charge in [0.05, 0.1) is 0 Å². The van der Waals surface area contributed by atoms with E-state index in [1.807, 2.05) is 11.9 Å². The van der Waals surface area contributed by atoms with Crippen LogP contribution < -0.4 is 0 Å². The smallest absolute Gasteiger partial charge is 0.222 e. The van der Waals surface area contributed by atoms with Crippen molar-refractivity contribution in [1.82, 2.24) is 9.80 Å². The molecule has 0 radical (unpaired) electrons. The van der Waals surface area contributed by atoms with E-state index in [1.165, 1.54) is 6.42 Å². The van der Waals surface area contributed by atoms with Gasteiger partial charge in [-0.3, -0.25) is 4.79 Å².